The predicted molar refractivity (Wildman–Crippen MR) is 87.8 cm³/mol. The van der Waals surface area contributed by atoms with Crippen molar-refractivity contribution in [2.24, 2.45) is 0 Å². The van der Waals surface area contributed by atoms with Gasteiger partial charge < -0.3 is 5.32 Å². The molecule has 1 atom stereocenters. The summed E-state index contributed by atoms with van der Waals surface area (Å²) >= 11 is 1.30. The number of carbonyl (C=O) groups is 3. The highest BCUT2D eigenvalue weighted by atomic mass is 32.1. The minimum Gasteiger partial charge on any atom is -0.300 e. The molecule has 0 fully saturated rings. The van der Waals surface area contributed by atoms with E-state index in [1.165, 1.54) is 16.2 Å². The van der Waals surface area contributed by atoms with Gasteiger partial charge in [0.25, 0.3) is 11.7 Å². The second-order valence-corrected chi connectivity index (χ2v) is 6.12. The van der Waals surface area contributed by atoms with Crippen LogP contribution in [0.15, 0.2) is 29.8 Å². The van der Waals surface area contributed by atoms with Crippen molar-refractivity contribution in [1.82, 2.24) is 4.98 Å². The van der Waals surface area contributed by atoms with E-state index in [-0.39, 0.29) is 5.91 Å². The highest BCUT2D eigenvalue weighted by Gasteiger charge is 2.42. The van der Waals surface area contributed by atoms with Gasteiger partial charge in [0.05, 0.1) is 11.3 Å². The van der Waals surface area contributed by atoms with Crippen LogP contribution in [-0.2, 0) is 9.59 Å². The number of nitrogens with one attached hydrogen (secondary N) is 1. The largest absolute Gasteiger partial charge is 0.300 e. The first kappa shape index (κ1) is 15.4. The predicted octanol–water partition coefficient (Wildman–Crippen LogP) is 2.40. The summed E-state index contributed by atoms with van der Waals surface area (Å²) in [6.07, 6.45) is 1.98. The molecule has 1 aromatic heterocycles. The van der Waals surface area contributed by atoms with Gasteiger partial charge in [-0.2, -0.15) is 0 Å². The molecule has 7 heteroatoms. The lowest BCUT2D eigenvalue weighted by Crippen LogP contribution is -2.46. The summed E-state index contributed by atoms with van der Waals surface area (Å²) in [5.74, 6) is -1.57. The maximum absolute atomic E-state index is 12.6. The molecule has 1 aromatic carbocycles. The Kier molecular flexibility index (Phi) is 3.96. The zero-order chi connectivity index (χ0) is 16.6. The molecule has 0 spiro atoms. The van der Waals surface area contributed by atoms with E-state index in [0.717, 1.165) is 5.56 Å². The van der Waals surface area contributed by atoms with Crippen molar-refractivity contribution in [3.63, 3.8) is 0 Å². The van der Waals surface area contributed by atoms with Crippen LogP contribution in [0.3, 0.4) is 0 Å². The molecule has 0 saturated heterocycles. The van der Waals surface area contributed by atoms with Gasteiger partial charge in [-0.05, 0) is 25.0 Å². The van der Waals surface area contributed by atoms with Crippen molar-refractivity contribution in [3.05, 3.63) is 40.9 Å². The normalized spacial score (nSPS) is 14.8. The van der Waals surface area contributed by atoms with E-state index >= 15 is 0 Å². The van der Waals surface area contributed by atoms with E-state index in [9.17, 15) is 14.4 Å². The first-order valence-corrected chi connectivity index (χ1v) is 8.10. The lowest BCUT2D eigenvalue weighted by Gasteiger charge is -2.26. The second kappa shape index (κ2) is 5.92. The summed E-state index contributed by atoms with van der Waals surface area (Å²) in [7, 11) is 0. The zero-order valence-corrected chi connectivity index (χ0v) is 13.5. The van der Waals surface area contributed by atoms with E-state index in [1.807, 2.05) is 13.0 Å². The van der Waals surface area contributed by atoms with Gasteiger partial charge in [-0.15, -0.1) is 11.3 Å². The molecule has 3 rings (SSSR count). The summed E-state index contributed by atoms with van der Waals surface area (Å²) < 4.78 is 0. The number of carbonyl (C=O) groups excluding carboxylic acids is 3. The Hall–Kier alpha value is -2.54. The van der Waals surface area contributed by atoms with E-state index in [4.69, 9.17) is 0 Å². The fourth-order valence-corrected chi connectivity index (χ4v) is 3.28. The molecule has 0 aliphatic carbocycles. The highest BCUT2D eigenvalue weighted by molar-refractivity contribution is 7.13. The third-order valence-corrected chi connectivity index (χ3v) is 4.49. The van der Waals surface area contributed by atoms with Crippen molar-refractivity contribution in [2.75, 3.05) is 10.2 Å². The number of nitrogens with zero attached hydrogens (tertiary/aromatic N) is 2. The molecule has 2 aromatic rings. The second-order valence-electron chi connectivity index (χ2n) is 5.23. The fraction of sp³-hybridized carbons (Fsp3) is 0.250. The minimum atomic E-state index is -0.752. The Bertz CT molecular complexity index is 786. The number of aromatic nitrogens is 1. The summed E-state index contributed by atoms with van der Waals surface area (Å²) in [5.41, 5.74) is 1.68. The van der Waals surface area contributed by atoms with Gasteiger partial charge >= 0.3 is 0 Å². The van der Waals surface area contributed by atoms with Crippen LogP contribution in [-0.4, -0.2) is 28.6 Å². The first-order chi connectivity index (χ1) is 11.0. The maximum Gasteiger partial charge on any atom is 0.300 e. The van der Waals surface area contributed by atoms with Crippen LogP contribution in [0.25, 0.3) is 0 Å². The van der Waals surface area contributed by atoms with Crippen molar-refractivity contribution < 1.29 is 14.4 Å². The molecule has 118 valence electrons. The Balaban J connectivity index is 1.97. The molecule has 1 unspecified atom stereocenters. The molecule has 1 aliphatic rings. The van der Waals surface area contributed by atoms with Crippen LogP contribution in [0.5, 0.6) is 0 Å². The molecular formula is C16H15N3O3S. The molecule has 1 aliphatic heterocycles. The van der Waals surface area contributed by atoms with Gasteiger partial charge in [0, 0.05) is 11.6 Å². The van der Waals surface area contributed by atoms with Crippen molar-refractivity contribution in [2.45, 2.75) is 26.3 Å². The molecule has 2 heterocycles. The van der Waals surface area contributed by atoms with Crippen LogP contribution in [0.2, 0.25) is 0 Å². The smallest absolute Gasteiger partial charge is 0.300 e. The fourth-order valence-electron chi connectivity index (χ4n) is 2.74. The molecule has 6 nitrogen and oxygen atoms in total. The third-order valence-electron chi connectivity index (χ3n) is 3.80. The molecule has 2 amide bonds. The average Bonchev–Trinajstić information content (AvgIpc) is 3.12. The molecule has 0 radical (unpaired) electrons. The van der Waals surface area contributed by atoms with Gasteiger partial charge in [-0.3, -0.25) is 19.3 Å². The molecule has 0 saturated carbocycles. The molecule has 23 heavy (non-hydrogen) atoms. The topological polar surface area (TPSA) is 79.4 Å². The maximum atomic E-state index is 12.6. The SMILES string of the molecule is CCC(C(=O)Nc1nccs1)N1C(=O)C(=O)c2cccc(C)c21. The number of aryl methyl sites for hydroxylation is 1. The lowest BCUT2D eigenvalue weighted by molar-refractivity contribution is -0.121. The number of rotatable bonds is 4. The van der Waals surface area contributed by atoms with Crippen molar-refractivity contribution in [3.8, 4) is 0 Å². The quantitative estimate of drug-likeness (QED) is 0.874. The number of amides is 2. The monoisotopic (exact) mass is 329 g/mol. The Labute approximate surface area is 137 Å². The lowest BCUT2D eigenvalue weighted by atomic mass is 10.1. The molecular weight excluding hydrogens is 314 g/mol. The summed E-state index contributed by atoms with van der Waals surface area (Å²) in [4.78, 5) is 42.5. The number of fused-ring (bicyclic) bond motifs is 1. The van der Waals surface area contributed by atoms with Crippen LogP contribution in [0.4, 0.5) is 10.8 Å². The minimum absolute atomic E-state index is 0.347. The van der Waals surface area contributed by atoms with E-state index in [1.54, 1.807) is 30.6 Å². The number of thiazole rings is 1. The van der Waals surface area contributed by atoms with Gasteiger partial charge in [-0.1, -0.05) is 19.1 Å². The average molecular weight is 329 g/mol. The van der Waals surface area contributed by atoms with Gasteiger partial charge in [0.15, 0.2) is 5.13 Å². The Morgan fingerprint density at radius 2 is 2.17 bits per heavy atom. The van der Waals surface area contributed by atoms with Gasteiger partial charge in [0.1, 0.15) is 6.04 Å². The number of ketones is 1. The van der Waals surface area contributed by atoms with E-state index < -0.39 is 17.7 Å². The van der Waals surface area contributed by atoms with Crippen molar-refractivity contribution >= 4 is 39.8 Å². The van der Waals surface area contributed by atoms with Crippen LogP contribution in [0.1, 0.15) is 29.3 Å². The standard InChI is InChI=1S/C16H15N3O3S/c1-3-11(14(21)18-16-17-7-8-23-16)19-12-9(2)5-4-6-10(12)13(20)15(19)22/h4-8,11H,3H2,1-2H3,(H,17,18,21). The van der Waals surface area contributed by atoms with Gasteiger partial charge in [0.2, 0.25) is 5.91 Å². The summed E-state index contributed by atoms with van der Waals surface area (Å²) in [6.45, 7) is 3.63. The highest BCUT2D eigenvalue weighted by Crippen LogP contribution is 2.34. The van der Waals surface area contributed by atoms with Crippen LogP contribution < -0.4 is 10.2 Å². The summed E-state index contributed by atoms with van der Waals surface area (Å²) in [6, 6.07) is 4.43. The van der Waals surface area contributed by atoms with E-state index in [0.29, 0.717) is 22.8 Å². The van der Waals surface area contributed by atoms with Crippen molar-refractivity contribution in [1.29, 1.82) is 0 Å². The van der Waals surface area contributed by atoms with Gasteiger partial charge in [-0.25, -0.2) is 4.98 Å². The number of benzene rings is 1. The number of Topliss-reactive ketones (excluding diaryl/α,β-unsaturated/α-hetero) is 1. The number of para-hydroxylation sites is 1. The summed E-state index contributed by atoms with van der Waals surface area (Å²) in [5, 5.41) is 4.92. The third kappa shape index (κ3) is 2.53. The Morgan fingerprint density at radius 3 is 2.83 bits per heavy atom. The number of hydrogen-bond donors (Lipinski definition) is 1. The zero-order valence-electron chi connectivity index (χ0n) is 12.7. The van der Waals surface area contributed by atoms with Crippen LogP contribution >= 0.6 is 11.3 Å². The molecule has 0 bridgehead atoms. The van der Waals surface area contributed by atoms with E-state index in [2.05, 4.69) is 10.3 Å². The Morgan fingerprint density at radius 1 is 1.39 bits per heavy atom. The molecule has 1 N–H and O–H groups in total. The number of anilines is 2. The first-order valence-electron chi connectivity index (χ1n) is 7.22. The van der Waals surface area contributed by atoms with Crippen LogP contribution in [0, 0.1) is 6.92 Å². The number of hydrogen-bond acceptors (Lipinski definition) is 5.